The minimum Gasteiger partial charge on any atom is -0.491 e. The van der Waals surface area contributed by atoms with Crippen molar-refractivity contribution in [2.45, 2.75) is 32.6 Å². The van der Waals surface area contributed by atoms with Gasteiger partial charge in [0, 0.05) is 5.56 Å². The van der Waals surface area contributed by atoms with Gasteiger partial charge in [-0.1, -0.05) is 12.1 Å². The van der Waals surface area contributed by atoms with E-state index in [1.54, 1.807) is 0 Å². The number of fused-ring (bicyclic) bond motifs is 1. The Morgan fingerprint density at radius 1 is 1.47 bits per heavy atom. The average molecular weight is 207 g/mol. The van der Waals surface area contributed by atoms with Gasteiger partial charge in [0.05, 0.1) is 25.4 Å². The van der Waals surface area contributed by atoms with E-state index in [0.717, 1.165) is 16.9 Å². The normalized spacial score (nSPS) is 20.1. The maximum Gasteiger partial charge on any atom is 0.125 e. The second kappa shape index (κ2) is 4.21. The zero-order valence-electron chi connectivity index (χ0n) is 9.19. The Balaban J connectivity index is 2.35. The summed E-state index contributed by atoms with van der Waals surface area (Å²) in [6.07, 6.45) is 0.176. The fraction of sp³-hybridized carbons (Fsp3) is 0.500. The molecule has 1 aromatic rings. The summed E-state index contributed by atoms with van der Waals surface area (Å²) in [6, 6.07) is 5.99. The van der Waals surface area contributed by atoms with Gasteiger partial charge in [-0.3, -0.25) is 0 Å². The first-order valence-electron chi connectivity index (χ1n) is 5.30. The van der Waals surface area contributed by atoms with Crippen LogP contribution in [0, 0.1) is 0 Å². The molecule has 0 bridgehead atoms. The number of ether oxygens (including phenoxy) is 2. The van der Waals surface area contributed by atoms with Crippen molar-refractivity contribution in [3.05, 3.63) is 29.3 Å². The van der Waals surface area contributed by atoms with E-state index < -0.39 is 0 Å². The molecule has 0 unspecified atom stereocenters. The fourth-order valence-corrected chi connectivity index (χ4v) is 1.83. The van der Waals surface area contributed by atoms with Crippen molar-refractivity contribution in [3.63, 3.8) is 0 Å². The first-order chi connectivity index (χ1) is 7.18. The molecule has 82 valence electrons. The molecule has 1 heterocycles. The van der Waals surface area contributed by atoms with Crippen LogP contribution in [0.5, 0.6) is 5.75 Å². The van der Waals surface area contributed by atoms with Crippen molar-refractivity contribution < 1.29 is 9.47 Å². The van der Waals surface area contributed by atoms with Crippen molar-refractivity contribution in [3.8, 4) is 5.75 Å². The molecule has 1 aliphatic rings. The number of rotatable bonds is 2. The highest BCUT2D eigenvalue weighted by Gasteiger charge is 2.20. The average Bonchev–Trinajstić information content (AvgIpc) is 2.19. The highest BCUT2D eigenvalue weighted by Crippen LogP contribution is 2.31. The Morgan fingerprint density at radius 3 is 3.00 bits per heavy atom. The van der Waals surface area contributed by atoms with Gasteiger partial charge >= 0.3 is 0 Å². The highest BCUT2D eigenvalue weighted by atomic mass is 16.5. The maximum absolute atomic E-state index is 5.97. The molecule has 15 heavy (non-hydrogen) atoms. The summed E-state index contributed by atoms with van der Waals surface area (Å²) < 4.78 is 11.2. The van der Waals surface area contributed by atoms with Crippen molar-refractivity contribution in [2.75, 3.05) is 6.61 Å². The van der Waals surface area contributed by atoms with Gasteiger partial charge in [-0.2, -0.15) is 0 Å². The van der Waals surface area contributed by atoms with E-state index in [2.05, 4.69) is 6.07 Å². The third-order valence-corrected chi connectivity index (χ3v) is 2.48. The smallest absolute Gasteiger partial charge is 0.125 e. The first kappa shape index (κ1) is 10.5. The molecule has 0 aromatic heterocycles. The Labute approximate surface area is 90.2 Å². The van der Waals surface area contributed by atoms with Gasteiger partial charge in [0.1, 0.15) is 5.75 Å². The number of hydrogen-bond acceptors (Lipinski definition) is 3. The van der Waals surface area contributed by atoms with Crippen LogP contribution in [-0.2, 0) is 11.3 Å². The molecule has 0 saturated carbocycles. The Bertz CT molecular complexity index is 349. The lowest BCUT2D eigenvalue weighted by molar-refractivity contribution is 0.0883. The van der Waals surface area contributed by atoms with E-state index in [-0.39, 0.29) is 12.1 Å². The largest absolute Gasteiger partial charge is 0.491 e. The molecule has 1 aliphatic heterocycles. The fourth-order valence-electron chi connectivity index (χ4n) is 1.83. The molecule has 1 aromatic carbocycles. The number of nitrogens with two attached hydrogens (primary N) is 1. The summed E-state index contributed by atoms with van der Waals surface area (Å²) in [5.74, 6) is 0.901. The minimum absolute atomic E-state index is 0.0236. The van der Waals surface area contributed by atoms with E-state index in [1.165, 1.54) is 0 Å². The third kappa shape index (κ3) is 2.13. The lowest BCUT2D eigenvalue weighted by atomic mass is 9.99. The molecule has 0 radical (unpaired) electrons. The van der Waals surface area contributed by atoms with E-state index in [4.69, 9.17) is 15.2 Å². The second-order valence-corrected chi connectivity index (χ2v) is 4.11. The van der Waals surface area contributed by atoms with Gasteiger partial charge in [-0.15, -0.1) is 0 Å². The Hall–Kier alpha value is -1.06. The minimum atomic E-state index is -0.0236. The lowest BCUT2D eigenvalue weighted by Gasteiger charge is -2.25. The predicted octanol–water partition coefficient (Wildman–Crippen LogP) is 2.00. The van der Waals surface area contributed by atoms with E-state index in [1.807, 2.05) is 26.0 Å². The molecule has 0 aliphatic carbocycles. The van der Waals surface area contributed by atoms with Crippen LogP contribution in [0.2, 0.25) is 0 Å². The van der Waals surface area contributed by atoms with Gasteiger partial charge in [0.2, 0.25) is 0 Å². The monoisotopic (exact) mass is 207 g/mol. The molecule has 3 heteroatoms. The van der Waals surface area contributed by atoms with Crippen LogP contribution in [0.3, 0.4) is 0 Å². The molecule has 2 N–H and O–H groups in total. The lowest BCUT2D eigenvalue weighted by Crippen LogP contribution is -2.24. The van der Waals surface area contributed by atoms with Crippen LogP contribution >= 0.6 is 0 Å². The van der Waals surface area contributed by atoms with Crippen LogP contribution in [0.15, 0.2) is 18.2 Å². The summed E-state index contributed by atoms with van der Waals surface area (Å²) in [5.41, 5.74) is 8.22. The van der Waals surface area contributed by atoms with Crippen molar-refractivity contribution in [2.24, 2.45) is 5.73 Å². The van der Waals surface area contributed by atoms with Gasteiger partial charge in [0.25, 0.3) is 0 Å². The summed E-state index contributed by atoms with van der Waals surface area (Å²) in [4.78, 5) is 0. The Kier molecular flexibility index (Phi) is 2.93. The van der Waals surface area contributed by atoms with E-state index in [0.29, 0.717) is 13.2 Å². The Morgan fingerprint density at radius 2 is 2.27 bits per heavy atom. The number of hydrogen-bond donors (Lipinski definition) is 1. The number of benzene rings is 1. The molecular weight excluding hydrogens is 190 g/mol. The summed E-state index contributed by atoms with van der Waals surface area (Å²) in [6.45, 7) is 5.23. The van der Waals surface area contributed by atoms with E-state index in [9.17, 15) is 0 Å². The second-order valence-electron chi connectivity index (χ2n) is 4.11. The van der Waals surface area contributed by atoms with Crippen molar-refractivity contribution in [1.29, 1.82) is 0 Å². The summed E-state index contributed by atoms with van der Waals surface area (Å²) >= 11 is 0. The topological polar surface area (TPSA) is 44.5 Å². The van der Waals surface area contributed by atoms with Gasteiger partial charge < -0.3 is 15.2 Å². The predicted molar refractivity (Wildman–Crippen MR) is 58.8 cm³/mol. The molecular formula is C12H17NO2. The first-order valence-corrected chi connectivity index (χ1v) is 5.30. The van der Waals surface area contributed by atoms with Crippen LogP contribution in [0.1, 0.15) is 31.0 Å². The molecule has 2 rings (SSSR count). The van der Waals surface area contributed by atoms with Gasteiger partial charge in [0.15, 0.2) is 0 Å². The highest BCUT2D eigenvalue weighted by molar-refractivity contribution is 5.42. The molecule has 1 atom stereocenters. The van der Waals surface area contributed by atoms with E-state index >= 15 is 0 Å². The van der Waals surface area contributed by atoms with Crippen molar-refractivity contribution in [1.82, 2.24) is 0 Å². The quantitative estimate of drug-likeness (QED) is 0.806. The maximum atomic E-state index is 5.97. The molecule has 0 spiro atoms. The zero-order valence-corrected chi connectivity index (χ0v) is 9.19. The van der Waals surface area contributed by atoms with Crippen LogP contribution in [0.25, 0.3) is 0 Å². The van der Waals surface area contributed by atoms with Crippen molar-refractivity contribution >= 4 is 0 Å². The SMILES string of the molecule is CC(C)Oc1cccc2c1COC[C@H]2N. The molecule has 0 amide bonds. The summed E-state index contributed by atoms with van der Waals surface area (Å²) in [7, 11) is 0. The standard InChI is InChI=1S/C12H17NO2/c1-8(2)15-12-5-3-4-9-10(12)6-14-7-11(9)13/h3-5,8,11H,6-7,13H2,1-2H3/t11-/m1/s1. The van der Waals surface area contributed by atoms with Gasteiger partial charge in [-0.05, 0) is 25.5 Å². The van der Waals surface area contributed by atoms with Crippen LogP contribution in [-0.4, -0.2) is 12.7 Å². The molecule has 3 nitrogen and oxygen atoms in total. The summed E-state index contributed by atoms with van der Waals surface area (Å²) in [5, 5.41) is 0. The van der Waals surface area contributed by atoms with Crippen LogP contribution in [0.4, 0.5) is 0 Å². The van der Waals surface area contributed by atoms with Gasteiger partial charge in [-0.25, -0.2) is 0 Å². The molecule has 0 saturated heterocycles. The van der Waals surface area contributed by atoms with Crippen LogP contribution < -0.4 is 10.5 Å². The molecule has 0 fully saturated rings. The zero-order chi connectivity index (χ0) is 10.8. The third-order valence-electron chi connectivity index (χ3n) is 2.48.